The number of nitrogens with zero attached hydrogens (tertiary/aromatic N) is 2. The van der Waals surface area contributed by atoms with Crippen molar-refractivity contribution in [3.63, 3.8) is 0 Å². The van der Waals surface area contributed by atoms with Crippen molar-refractivity contribution in [2.75, 3.05) is 6.54 Å². The average Bonchev–Trinajstić information content (AvgIpc) is 3.22. The minimum absolute atomic E-state index is 0.0270. The van der Waals surface area contributed by atoms with Gasteiger partial charge in [0.05, 0.1) is 6.54 Å². The first kappa shape index (κ1) is 17.9. The van der Waals surface area contributed by atoms with E-state index in [0.717, 1.165) is 53.8 Å². The predicted molar refractivity (Wildman–Crippen MR) is 113 cm³/mol. The Morgan fingerprint density at radius 1 is 1.14 bits per heavy atom. The number of hydrogen-bond acceptors (Lipinski definition) is 4. The Labute approximate surface area is 169 Å². The molecule has 0 spiro atoms. The average molecular weight is 385 g/mol. The van der Waals surface area contributed by atoms with Crippen molar-refractivity contribution in [1.29, 1.82) is 0 Å². The van der Waals surface area contributed by atoms with Crippen LogP contribution in [0.25, 0.3) is 22.2 Å². The second-order valence-electron chi connectivity index (χ2n) is 7.68. The molecule has 2 heterocycles. The number of amides is 1. The van der Waals surface area contributed by atoms with E-state index in [0.29, 0.717) is 6.54 Å². The number of rotatable bonds is 4. The fourth-order valence-corrected chi connectivity index (χ4v) is 4.21. The Hall–Kier alpha value is -3.21. The zero-order valence-electron chi connectivity index (χ0n) is 16.2. The molecule has 29 heavy (non-hydrogen) atoms. The molecule has 146 valence electrons. The molecule has 1 aliphatic heterocycles. The standard InChI is InChI=1S/C24H23N3O2/c28-24(16-5-2-1-3-6-16)27-15-19-14-21-20-9-7-18(23-25-11-4-12-26-23)13-17(20)8-10-22(21)29-19/h4-5,7-13,19H,1-3,6,14-15H2,(H,27,28). The van der Waals surface area contributed by atoms with Crippen LogP contribution in [0.2, 0.25) is 0 Å². The second kappa shape index (κ2) is 7.66. The molecule has 0 fully saturated rings. The number of benzene rings is 2. The van der Waals surface area contributed by atoms with Crippen molar-refractivity contribution >= 4 is 16.7 Å². The molecule has 1 aliphatic carbocycles. The first-order valence-electron chi connectivity index (χ1n) is 10.2. The Bertz CT molecular complexity index is 1090. The molecule has 1 aromatic heterocycles. The molecule has 3 aromatic rings. The van der Waals surface area contributed by atoms with Crippen LogP contribution in [-0.2, 0) is 11.2 Å². The first-order chi connectivity index (χ1) is 14.3. The van der Waals surface area contributed by atoms with E-state index < -0.39 is 0 Å². The van der Waals surface area contributed by atoms with Gasteiger partial charge in [0, 0.05) is 35.5 Å². The largest absolute Gasteiger partial charge is 0.488 e. The molecule has 5 rings (SSSR count). The van der Waals surface area contributed by atoms with Gasteiger partial charge in [-0.15, -0.1) is 0 Å². The van der Waals surface area contributed by atoms with E-state index in [-0.39, 0.29) is 12.0 Å². The van der Waals surface area contributed by atoms with Gasteiger partial charge in [-0.3, -0.25) is 4.79 Å². The molecule has 1 amide bonds. The lowest BCUT2D eigenvalue weighted by Gasteiger charge is -2.15. The molecule has 1 atom stereocenters. The molecular weight excluding hydrogens is 362 g/mol. The summed E-state index contributed by atoms with van der Waals surface area (Å²) in [5, 5.41) is 5.39. The Balaban J connectivity index is 1.32. The zero-order valence-corrected chi connectivity index (χ0v) is 16.2. The molecule has 2 aromatic carbocycles. The minimum Gasteiger partial charge on any atom is -0.488 e. The third-order valence-corrected chi connectivity index (χ3v) is 5.71. The van der Waals surface area contributed by atoms with Crippen LogP contribution in [0, 0.1) is 0 Å². The highest BCUT2D eigenvalue weighted by atomic mass is 16.5. The number of aromatic nitrogens is 2. The third-order valence-electron chi connectivity index (χ3n) is 5.71. The van der Waals surface area contributed by atoms with Crippen molar-refractivity contribution < 1.29 is 9.53 Å². The van der Waals surface area contributed by atoms with E-state index in [4.69, 9.17) is 4.74 Å². The summed E-state index contributed by atoms with van der Waals surface area (Å²) in [4.78, 5) is 21.0. The first-order valence-corrected chi connectivity index (χ1v) is 10.2. The summed E-state index contributed by atoms with van der Waals surface area (Å²) in [6.07, 6.45) is 10.5. The van der Waals surface area contributed by atoms with Crippen molar-refractivity contribution in [1.82, 2.24) is 15.3 Å². The van der Waals surface area contributed by atoms with E-state index in [1.807, 2.05) is 12.1 Å². The second-order valence-corrected chi connectivity index (χ2v) is 7.68. The maximum Gasteiger partial charge on any atom is 0.247 e. The molecule has 0 bridgehead atoms. The maximum absolute atomic E-state index is 12.4. The number of carbonyl (C=O) groups excluding carboxylic acids is 1. The monoisotopic (exact) mass is 385 g/mol. The van der Waals surface area contributed by atoms with E-state index in [1.54, 1.807) is 12.4 Å². The van der Waals surface area contributed by atoms with Crippen molar-refractivity contribution in [3.05, 3.63) is 66.0 Å². The third kappa shape index (κ3) is 3.60. The van der Waals surface area contributed by atoms with E-state index >= 15 is 0 Å². The zero-order chi connectivity index (χ0) is 19.6. The summed E-state index contributed by atoms with van der Waals surface area (Å²) >= 11 is 0. The molecule has 5 nitrogen and oxygen atoms in total. The van der Waals surface area contributed by atoms with Gasteiger partial charge in [0.2, 0.25) is 5.91 Å². The number of allylic oxidation sites excluding steroid dienone is 1. The lowest BCUT2D eigenvalue weighted by molar-refractivity contribution is -0.118. The fourth-order valence-electron chi connectivity index (χ4n) is 4.21. The summed E-state index contributed by atoms with van der Waals surface area (Å²) in [6, 6.07) is 12.2. The van der Waals surface area contributed by atoms with Crippen molar-refractivity contribution in [3.8, 4) is 17.1 Å². The molecule has 1 N–H and O–H groups in total. The van der Waals surface area contributed by atoms with Gasteiger partial charge in [-0.25, -0.2) is 9.97 Å². The van der Waals surface area contributed by atoms with Gasteiger partial charge >= 0.3 is 0 Å². The molecule has 5 heteroatoms. The van der Waals surface area contributed by atoms with E-state index in [9.17, 15) is 4.79 Å². The lowest BCUT2D eigenvalue weighted by Crippen LogP contribution is -2.35. The van der Waals surface area contributed by atoms with Gasteiger partial charge in [-0.05, 0) is 54.7 Å². The van der Waals surface area contributed by atoms with E-state index in [1.165, 1.54) is 17.4 Å². The van der Waals surface area contributed by atoms with Crippen LogP contribution in [0.15, 0.2) is 60.4 Å². The summed E-state index contributed by atoms with van der Waals surface area (Å²) in [6.45, 7) is 0.530. The normalized spacial score (nSPS) is 18.1. The summed E-state index contributed by atoms with van der Waals surface area (Å²) in [5.74, 6) is 1.70. The molecule has 0 saturated carbocycles. The Morgan fingerprint density at radius 2 is 2.03 bits per heavy atom. The SMILES string of the molecule is O=C(NCC1Cc2c(ccc3cc(-c4ncccn4)ccc23)O1)C1=CCCCC1. The highest BCUT2D eigenvalue weighted by Crippen LogP contribution is 2.36. The maximum atomic E-state index is 12.4. The number of nitrogens with one attached hydrogen (secondary N) is 1. The van der Waals surface area contributed by atoms with Crippen LogP contribution in [0.3, 0.4) is 0 Å². The van der Waals surface area contributed by atoms with Gasteiger partial charge in [0.15, 0.2) is 5.82 Å². The Morgan fingerprint density at radius 3 is 2.86 bits per heavy atom. The van der Waals surface area contributed by atoms with Crippen LogP contribution in [-0.4, -0.2) is 28.5 Å². The molecular formula is C24H23N3O2. The molecule has 0 saturated heterocycles. The quantitative estimate of drug-likeness (QED) is 0.730. The Kier molecular flexibility index (Phi) is 4.72. The van der Waals surface area contributed by atoms with Gasteiger partial charge in [-0.2, -0.15) is 0 Å². The van der Waals surface area contributed by atoms with Crippen molar-refractivity contribution in [2.24, 2.45) is 0 Å². The van der Waals surface area contributed by atoms with Gasteiger partial charge < -0.3 is 10.1 Å². The van der Waals surface area contributed by atoms with Gasteiger partial charge in [-0.1, -0.05) is 24.3 Å². The summed E-state index contributed by atoms with van der Waals surface area (Å²) in [5.41, 5.74) is 3.13. The van der Waals surface area contributed by atoms with Crippen LogP contribution < -0.4 is 10.1 Å². The highest BCUT2D eigenvalue weighted by molar-refractivity contribution is 5.93. The fraction of sp³-hybridized carbons (Fsp3) is 0.292. The van der Waals surface area contributed by atoms with Crippen LogP contribution in [0.5, 0.6) is 5.75 Å². The lowest BCUT2D eigenvalue weighted by atomic mass is 9.98. The minimum atomic E-state index is -0.0270. The number of fused-ring (bicyclic) bond motifs is 3. The number of carbonyl (C=O) groups is 1. The summed E-state index contributed by atoms with van der Waals surface area (Å²) < 4.78 is 6.11. The predicted octanol–water partition coefficient (Wildman–Crippen LogP) is 4.22. The van der Waals surface area contributed by atoms with Crippen molar-refractivity contribution in [2.45, 2.75) is 38.2 Å². The topological polar surface area (TPSA) is 64.1 Å². The smallest absolute Gasteiger partial charge is 0.247 e. The van der Waals surface area contributed by atoms with E-state index in [2.05, 4.69) is 45.6 Å². The molecule has 1 unspecified atom stereocenters. The highest BCUT2D eigenvalue weighted by Gasteiger charge is 2.25. The molecule has 2 aliphatic rings. The van der Waals surface area contributed by atoms with Crippen LogP contribution in [0.4, 0.5) is 0 Å². The summed E-state index contributed by atoms with van der Waals surface area (Å²) in [7, 11) is 0. The molecule has 0 radical (unpaired) electrons. The van der Waals surface area contributed by atoms with Gasteiger partial charge in [0.25, 0.3) is 0 Å². The van der Waals surface area contributed by atoms with Crippen LogP contribution in [0.1, 0.15) is 31.2 Å². The van der Waals surface area contributed by atoms with Crippen LogP contribution >= 0.6 is 0 Å². The number of ether oxygens (including phenoxy) is 1. The van der Waals surface area contributed by atoms with Gasteiger partial charge in [0.1, 0.15) is 11.9 Å². The number of hydrogen-bond donors (Lipinski definition) is 1.